The van der Waals surface area contributed by atoms with Gasteiger partial charge in [0.15, 0.2) is 0 Å². The lowest BCUT2D eigenvalue weighted by Crippen LogP contribution is -2.47. The standard InChI is InChI=1S/C19H24N4O3S/c24-19(21-13-4-9-16-7-2-1-3-8-16)18-11-6-14-23(18)27(25,26)22-17-10-5-12-20-15-17/h1-3,5,7-8,10,12,15,18,22H,4,6,9,11,13-14H2,(H,21,24). The number of pyridine rings is 1. The molecule has 1 aromatic heterocycles. The first-order valence-electron chi connectivity index (χ1n) is 9.07. The van der Waals surface area contributed by atoms with Gasteiger partial charge in [0.05, 0.1) is 11.9 Å². The van der Waals surface area contributed by atoms with E-state index in [0.29, 0.717) is 31.6 Å². The number of aromatic nitrogens is 1. The van der Waals surface area contributed by atoms with E-state index in [9.17, 15) is 13.2 Å². The van der Waals surface area contributed by atoms with Gasteiger partial charge in [0.1, 0.15) is 6.04 Å². The molecule has 1 aromatic carbocycles. The van der Waals surface area contributed by atoms with Crippen molar-refractivity contribution in [2.75, 3.05) is 17.8 Å². The third-order valence-corrected chi connectivity index (χ3v) is 6.06. The fourth-order valence-corrected chi connectivity index (χ4v) is 4.63. The number of benzene rings is 1. The molecule has 1 amide bonds. The van der Waals surface area contributed by atoms with E-state index in [1.807, 2.05) is 18.2 Å². The van der Waals surface area contributed by atoms with Crippen molar-refractivity contribution in [2.45, 2.75) is 31.7 Å². The van der Waals surface area contributed by atoms with Gasteiger partial charge in [-0.1, -0.05) is 30.3 Å². The third-order valence-electron chi connectivity index (χ3n) is 4.51. The summed E-state index contributed by atoms with van der Waals surface area (Å²) in [7, 11) is -3.80. The summed E-state index contributed by atoms with van der Waals surface area (Å²) < 4.78 is 29.0. The minimum Gasteiger partial charge on any atom is -0.355 e. The molecule has 2 heterocycles. The summed E-state index contributed by atoms with van der Waals surface area (Å²) in [6.45, 7) is 0.853. The van der Waals surface area contributed by atoms with Gasteiger partial charge in [0.25, 0.3) is 0 Å². The summed E-state index contributed by atoms with van der Waals surface area (Å²) in [6, 6.07) is 12.7. The van der Waals surface area contributed by atoms with E-state index in [2.05, 4.69) is 27.2 Å². The highest BCUT2D eigenvalue weighted by atomic mass is 32.2. The average Bonchev–Trinajstić information content (AvgIpc) is 3.17. The Kier molecular flexibility index (Phi) is 6.41. The lowest BCUT2D eigenvalue weighted by Gasteiger charge is -2.23. The molecule has 1 aliphatic heterocycles. The van der Waals surface area contributed by atoms with Gasteiger partial charge >= 0.3 is 10.2 Å². The van der Waals surface area contributed by atoms with Crippen LogP contribution in [0.15, 0.2) is 54.9 Å². The van der Waals surface area contributed by atoms with Gasteiger partial charge in [0, 0.05) is 19.3 Å². The Hall–Kier alpha value is -2.45. The maximum absolute atomic E-state index is 12.6. The largest absolute Gasteiger partial charge is 0.355 e. The van der Waals surface area contributed by atoms with Gasteiger partial charge < -0.3 is 5.32 Å². The third kappa shape index (κ3) is 5.27. The molecule has 2 N–H and O–H groups in total. The molecule has 144 valence electrons. The van der Waals surface area contributed by atoms with Crippen LogP contribution in [0.3, 0.4) is 0 Å². The van der Waals surface area contributed by atoms with Crippen molar-refractivity contribution < 1.29 is 13.2 Å². The number of rotatable bonds is 8. The second-order valence-electron chi connectivity index (χ2n) is 6.50. The van der Waals surface area contributed by atoms with Crippen LogP contribution in [0.5, 0.6) is 0 Å². The topological polar surface area (TPSA) is 91.4 Å². The Labute approximate surface area is 160 Å². The number of aryl methyl sites for hydroxylation is 1. The number of nitrogens with one attached hydrogen (secondary N) is 2. The Morgan fingerprint density at radius 1 is 1.19 bits per heavy atom. The first-order chi connectivity index (χ1) is 13.1. The molecule has 1 fully saturated rings. The Morgan fingerprint density at radius 3 is 2.74 bits per heavy atom. The van der Waals surface area contributed by atoms with E-state index in [0.717, 1.165) is 12.8 Å². The van der Waals surface area contributed by atoms with Gasteiger partial charge in [-0.05, 0) is 43.4 Å². The lowest BCUT2D eigenvalue weighted by molar-refractivity contribution is -0.124. The van der Waals surface area contributed by atoms with E-state index < -0.39 is 16.3 Å². The van der Waals surface area contributed by atoms with Crippen molar-refractivity contribution in [2.24, 2.45) is 0 Å². The van der Waals surface area contributed by atoms with Crippen molar-refractivity contribution in [1.82, 2.24) is 14.6 Å². The number of carbonyl (C=O) groups excluding carboxylic acids is 1. The molecule has 0 saturated carbocycles. The molecule has 3 rings (SSSR count). The fourth-order valence-electron chi connectivity index (χ4n) is 3.19. The second kappa shape index (κ2) is 8.96. The zero-order chi connectivity index (χ0) is 19.1. The Morgan fingerprint density at radius 2 is 2.00 bits per heavy atom. The van der Waals surface area contributed by atoms with Crippen LogP contribution in [-0.4, -0.2) is 42.7 Å². The zero-order valence-corrected chi connectivity index (χ0v) is 15.9. The molecule has 0 spiro atoms. The smallest absolute Gasteiger partial charge is 0.302 e. The SMILES string of the molecule is O=C(NCCCc1ccccc1)C1CCCN1S(=O)(=O)Nc1cccnc1. The van der Waals surface area contributed by atoms with Crippen LogP contribution in [0.1, 0.15) is 24.8 Å². The summed E-state index contributed by atoms with van der Waals surface area (Å²) in [5.74, 6) is -0.239. The lowest BCUT2D eigenvalue weighted by atomic mass is 10.1. The minimum absolute atomic E-state index is 0.239. The summed E-state index contributed by atoms with van der Waals surface area (Å²) in [4.78, 5) is 16.4. The molecule has 0 radical (unpaired) electrons. The average molecular weight is 388 g/mol. The van der Waals surface area contributed by atoms with E-state index in [1.54, 1.807) is 18.3 Å². The van der Waals surface area contributed by atoms with Crippen LogP contribution >= 0.6 is 0 Å². The molecule has 2 aromatic rings. The number of nitrogens with zero attached hydrogens (tertiary/aromatic N) is 2. The normalized spacial score (nSPS) is 17.6. The first-order valence-corrected chi connectivity index (χ1v) is 10.5. The van der Waals surface area contributed by atoms with Gasteiger partial charge in [-0.3, -0.25) is 14.5 Å². The van der Waals surface area contributed by atoms with Gasteiger partial charge in [0.2, 0.25) is 5.91 Å². The number of carbonyl (C=O) groups is 1. The quantitative estimate of drug-likeness (QED) is 0.676. The van der Waals surface area contributed by atoms with Crippen molar-refractivity contribution in [3.05, 3.63) is 60.4 Å². The predicted octanol–water partition coefficient (Wildman–Crippen LogP) is 1.95. The molecule has 1 saturated heterocycles. The monoisotopic (exact) mass is 388 g/mol. The van der Waals surface area contributed by atoms with E-state index in [-0.39, 0.29) is 5.91 Å². The first kappa shape index (κ1) is 19.3. The van der Waals surface area contributed by atoms with Crippen LogP contribution in [0.25, 0.3) is 0 Å². The molecular weight excluding hydrogens is 364 g/mol. The summed E-state index contributed by atoms with van der Waals surface area (Å²) in [5, 5.41) is 2.88. The molecule has 1 atom stereocenters. The van der Waals surface area contributed by atoms with Crippen molar-refractivity contribution in [3.63, 3.8) is 0 Å². The maximum atomic E-state index is 12.6. The molecule has 27 heavy (non-hydrogen) atoms. The molecule has 1 aliphatic rings. The van der Waals surface area contributed by atoms with Crippen LogP contribution in [0, 0.1) is 0 Å². The molecule has 0 aliphatic carbocycles. The number of hydrogen-bond acceptors (Lipinski definition) is 4. The molecule has 1 unspecified atom stereocenters. The fraction of sp³-hybridized carbons (Fsp3) is 0.368. The van der Waals surface area contributed by atoms with Gasteiger partial charge in [-0.15, -0.1) is 0 Å². The van der Waals surface area contributed by atoms with E-state index >= 15 is 0 Å². The summed E-state index contributed by atoms with van der Waals surface area (Å²) >= 11 is 0. The van der Waals surface area contributed by atoms with Crippen LogP contribution in [0.4, 0.5) is 5.69 Å². The highest BCUT2D eigenvalue weighted by Crippen LogP contribution is 2.22. The number of amides is 1. The molecule has 8 heteroatoms. The molecule has 7 nitrogen and oxygen atoms in total. The Bertz CT molecular complexity index is 844. The number of hydrogen-bond donors (Lipinski definition) is 2. The van der Waals surface area contributed by atoms with E-state index in [1.165, 1.54) is 16.1 Å². The summed E-state index contributed by atoms with van der Waals surface area (Å²) in [6.07, 6.45) is 5.87. The molecule has 0 bridgehead atoms. The van der Waals surface area contributed by atoms with Crippen LogP contribution < -0.4 is 10.0 Å². The highest BCUT2D eigenvalue weighted by molar-refractivity contribution is 7.90. The minimum atomic E-state index is -3.80. The highest BCUT2D eigenvalue weighted by Gasteiger charge is 2.38. The maximum Gasteiger partial charge on any atom is 0.302 e. The zero-order valence-electron chi connectivity index (χ0n) is 15.0. The predicted molar refractivity (Wildman–Crippen MR) is 104 cm³/mol. The van der Waals surface area contributed by atoms with Gasteiger partial charge in [-0.25, -0.2) is 0 Å². The molecular formula is C19H24N4O3S. The van der Waals surface area contributed by atoms with Crippen molar-refractivity contribution in [1.29, 1.82) is 0 Å². The van der Waals surface area contributed by atoms with Crippen LogP contribution in [0.2, 0.25) is 0 Å². The van der Waals surface area contributed by atoms with Crippen molar-refractivity contribution >= 4 is 21.8 Å². The number of anilines is 1. The van der Waals surface area contributed by atoms with E-state index in [4.69, 9.17) is 0 Å². The second-order valence-corrected chi connectivity index (χ2v) is 8.12. The van der Waals surface area contributed by atoms with Crippen molar-refractivity contribution in [3.8, 4) is 0 Å². The van der Waals surface area contributed by atoms with Gasteiger partial charge in [-0.2, -0.15) is 12.7 Å². The van der Waals surface area contributed by atoms with Crippen LogP contribution in [-0.2, 0) is 21.4 Å². The summed E-state index contributed by atoms with van der Waals surface area (Å²) in [5.41, 5.74) is 1.60. The Balaban J connectivity index is 1.53.